The van der Waals surface area contributed by atoms with Crippen molar-refractivity contribution in [3.8, 4) is 5.75 Å². The summed E-state index contributed by atoms with van der Waals surface area (Å²) in [5.41, 5.74) is 1.17. The summed E-state index contributed by atoms with van der Waals surface area (Å²) in [6.07, 6.45) is 4.05. The van der Waals surface area contributed by atoms with Gasteiger partial charge >= 0.3 is 0 Å². The highest BCUT2D eigenvalue weighted by atomic mass is 16.5. The van der Waals surface area contributed by atoms with E-state index in [4.69, 9.17) is 4.74 Å². The van der Waals surface area contributed by atoms with E-state index in [2.05, 4.69) is 0 Å². The molecule has 1 aromatic rings. The molecule has 0 unspecified atom stereocenters. The summed E-state index contributed by atoms with van der Waals surface area (Å²) in [6.45, 7) is 2.00. The summed E-state index contributed by atoms with van der Waals surface area (Å²) in [7, 11) is 1.68. The Morgan fingerprint density at radius 2 is 2.18 bits per heavy atom. The fourth-order valence-corrected chi connectivity index (χ4v) is 0.938. The molecule has 0 spiro atoms. The third-order valence-electron chi connectivity index (χ3n) is 1.45. The summed E-state index contributed by atoms with van der Waals surface area (Å²) in [6, 6.07) is 7.96. The van der Waals surface area contributed by atoms with E-state index >= 15 is 0 Å². The van der Waals surface area contributed by atoms with E-state index in [1.165, 1.54) is 5.56 Å². The van der Waals surface area contributed by atoms with E-state index < -0.39 is 0 Å². The van der Waals surface area contributed by atoms with E-state index in [9.17, 15) is 0 Å². The Bertz CT molecular complexity index is 251. The van der Waals surface area contributed by atoms with Crippen LogP contribution >= 0.6 is 0 Å². The minimum Gasteiger partial charge on any atom is -0.497 e. The van der Waals surface area contributed by atoms with Crippen LogP contribution in [0.3, 0.4) is 0 Å². The summed E-state index contributed by atoms with van der Waals surface area (Å²) in [5.74, 6) is 0.903. The molecule has 0 atom stereocenters. The van der Waals surface area contributed by atoms with Crippen LogP contribution in [0.1, 0.15) is 12.5 Å². The molecule has 0 radical (unpaired) electrons. The highest BCUT2D eigenvalue weighted by Gasteiger charge is 1.89. The van der Waals surface area contributed by atoms with Crippen LogP contribution < -0.4 is 4.74 Å². The monoisotopic (exact) mass is 148 g/mol. The second-order valence-electron chi connectivity index (χ2n) is 2.28. The average molecular weight is 148 g/mol. The van der Waals surface area contributed by atoms with E-state index in [0.717, 1.165) is 5.75 Å². The van der Waals surface area contributed by atoms with Crippen molar-refractivity contribution in [2.75, 3.05) is 7.11 Å². The number of hydrogen-bond donors (Lipinski definition) is 0. The molecule has 0 heterocycles. The minimum absolute atomic E-state index is 0.903. The van der Waals surface area contributed by atoms with Crippen LogP contribution in [-0.2, 0) is 0 Å². The van der Waals surface area contributed by atoms with Gasteiger partial charge in [0.25, 0.3) is 0 Å². The minimum atomic E-state index is 0.903. The number of ether oxygens (including phenoxy) is 1. The summed E-state index contributed by atoms with van der Waals surface area (Å²) < 4.78 is 5.07. The molecule has 0 aromatic heterocycles. The third-order valence-corrected chi connectivity index (χ3v) is 1.45. The summed E-state index contributed by atoms with van der Waals surface area (Å²) in [5, 5.41) is 0. The number of hydrogen-bond acceptors (Lipinski definition) is 1. The van der Waals surface area contributed by atoms with Crippen molar-refractivity contribution in [2.24, 2.45) is 0 Å². The highest BCUT2D eigenvalue weighted by molar-refractivity contribution is 5.51. The highest BCUT2D eigenvalue weighted by Crippen LogP contribution is 2.13. The van der Waals surface area contributed by atoms with Crippen molar-refractivity contribution in [1.82, 2.24) is 0 Å². The van der Waals surface area contributed by atoms with Gasteiger partial charge in [-0.05, 0) is 24.6 Å². The molecule has 0 aliphatic carbocycles. The van der Waals surface area contributed by atoms with Gasteiger partial charge in [0.2, 0.25) is 0 Å². The second-order valence-corrected chi connectivity index (χ2v) is 2.28. The topological polar surface area (TPSA) is 9.23 Å². The van der Waals surface area contributed by atoms with Crippen molar-refractivity contribution in [3.05, 3.63) is 35.9 Å². The molecule has 1 rings (SSSR count). The van der Waals surface area contributed by atoms with E-state index in [1.54, 1.807) is 7.11 Å². The molecular formula is C10H12O. The predicted octanol–water partition coefficient (Wildman–Crippen LogP) is 2.73. The molecule has 1 heteroatoms. The van der Waals surface area contributed by atoms with E-state index in [0.29, 0.717) is 0 Å². The molecule has 0 amide bonds. The lowest BCUT2D eigenvalue weighted by Crippen LogP contribution is -1.81. The van der Waals surface area contributed by atoms with Gasteiger partial charge in [-0.1, -0.05) is 24.3 Å². The molecule has 0 aliphatic rings. The number of rotatable bonds is 2. The lowest BCUT2D eigenvalue weighted by molar-refractivity contribution is 0.414. The smallest absolute Gasteiger partial charge is 0.119 e. The Balaban J connectivity index is 2.91. The van der Waals surface area contributed by atoms with Crippen LogP contribution in [0, 0.1) is 0 Å². The SMILES string of the molecule is C/C=C\c1cccc(OC)c1. The fraction of sp³-hybridized carbons (Fsp3) is 0.200. The Morgan fingerprint density at radius 3 is 2.82 bits per heavy atom. The summed E-state index contributed by atoms with van der Waals surface area (Å²) in [4.78, 5) is 0. The van der Waals surface area contributed by atoms with E-state index in [-0.39, 0.29) is 0 Å². The van der Waals surface area contributed by atoms with Crippen LogP contribution in [0.5, 0.6) is 5.75 Å². The summed E-state index contributed by atoms with van der Waals surface area (Å²) >= 11 is 0. The lowest BCUT2D eigenvalue weighted by Gasteiger charge is -1.99. The van der Waals surface area contributed by atoms with Gasteiger partial charge in [0.05, 0.1) is 7.11 Å². The molecule has 0 N–H and O–H groups in total. The standard InChI is InChI=1S/C10H12O/c1-3-5-9-6-4-7-10(8-9)11-2/h3-8H,1-2H3/b5-3-. The van der Waals surface area contributed by atoms with Crippen LogP contribution in [0.4, 0.5) is 0 Å². The first-order valence-electron chi connectivity index (χ1n) is 3.63. The second kappa shape index (κ2) is 3.81. The van der Waals surface area contributed by atoms with E-state index in [1.807, 2.05) is 43.3 Å². The van der Waals surface area contributed by atoms with Gasteiger partial charge in [0.15, 0.2) is 0 Å². The van der Waals surface area contributed by atoms with Crippen molar-refractivity contribution in [3.63, 3.8) is 0 Å². The largest absolute Gasteiger partial charge is 0.497 e. The zero-order valence-electron chi connectivity index (χ0n) is 6.87. The third kappa shape index (κ3) is 2.11. The van der Waals surface area contributed by atoms with Gasteiger partial charge in [-0.25, -0.2) is 0 Å². The average Bonchev–Trinajstić information content (AvgIpc) is 2.06. The van der Waals surface area contributed by atoms with Crippen LogP contribution in [0.2, 0.25) is 0 Å². The predicted molar refractivity (Wildman–Crippen MR) is 47.7 cm³/mol. The van der Waals surface area contributed by atoms with Gasteiger partial charge < -0.3 is 4.74 Å². The Labute approximate surface area is 67.3 Å². The van der Waals surface area contributed by atoms with Gasteiger partial charge in [-0.2, -0.15) is 0 Å². The lowest BCUT2D eigenvalue weighted by atomic mass is 10.2. The van der Waals surface area contributed by atoms with Gasteiger partial charge in [0, 0.05) is 0 Å². The maximum absolute atomic E-state index is 5.07. The first-order valence-corrected chi connectivity index (χ1v) is 3.63. The molecular weight excluding hydrogens is 136 g/mol. The number of methoxy groups -OCH3 is 1. The molecule has 0 saturated carbocycles. The van der Waals surface area contributed by atoms with Crippen molar-refractivity contribution in [1.29, 1.82) is 0 Å². The van der Waals surface area contributed by atoms with Gasteiger partial charge in [0.1, 0.15) is 5.75 Å². The molecule has 0 aliphatic heterocycles. The number of allylic oxidation sites excluding steroid dienone is 1. The molecule has 1 aromatic carbocycles. The molecule has 11 heavy (non-hydrogen) atoms. The molecule has 58 valence electrons. The maximum atomic E-state index is 5.07. The van der Waals surface area contributed by atoms with Crippen molar-refractivity contribution < 1.29 is 4.74 Å². The van der Waals surface area contributed by atoms with Crippen molar-refractivity contribution >= 4 is 6.08 Å². The molecule has 0 fully saturated rings. The molecule has 0 bridgehead atoms. The zero-order chi connectivity index (χ0) is 8.10. The number of benzene rings is 1. The normalized spacial score (nSPS) is 10.4. The Kier molecular flexibility index (Phi) is 2.73. The van der Waals surface area contributed by atoms with Gasteiger partial charge in [-0.15, -0.1) is 0 Å². The molecule has 0 saturated heterocycles. The zero-order valence-corrected chi connectivity index (χ0v) is 6.87. The maximum Gasteiger partial charge on any atom is 0.119 e. The first-order chi connectivity index (χ1) is 5.36. The Morgan fingerprint density at radius 1 is 1.36 bits per heavy atom. The van der Waals surface area contributed by atoms with Crippen LogP contribution in [-0.4, -0.2) is 7.11 Å². The molecule has 1 nitrogen and oxygen atoms in total. The quantitative estimate of drug-likeness (QED) is 0.626. The Hall–Kier alpha value is -1.24. The van der Waals surface area contributed by atoms with Crippen LogP contribution in [0.25, 0.3) is 6.08 Å². The first kappa shape index (κ1) is 7.86. The van der Waals surface area contributed by atoms with Gasteiger partial charge in [-0.3, -0.25) is 0 Å². The fourth-order valence-electron chi connectivity index (χ4n) is 0.938. The van der Waals surface area contributed by atoms with Crippen molar-refractivity contribution in [2.45, 2.75) is 6.92 Å². The van der Waals surface area contributed by atoms with Crippen LogP contribution in [0.15, 0.2) is 30.3 Å².